The Balaban J connectivity index is 3.15. The number of Topliss-reactive ketones (excluding diaryl/α,β-unsaturated/α-hetero) is 1. The van der Waals surface area contributed by atoms with Gasteiger partial charge in [0.05, 0.1) is 18.0 Å². The standard InChI is InChI=1S/C13H17NO3S/c1-4-10-14(18(16,17)5-2)13-8-6-12(7-9-13)11(3)15/h4,6-9H,1,5,10H2,2-3H3. The molecule has 0 saturated heterocycles. The van der Waals surface area contributed by atoms with Gasteiger partial charge >= 0.3 is 0 Å². The predicted molar refractivity (Wildman–Crippen MR) is 73.5 cm³/mol. The van der Waals surface area contributed by atoms with E-state index in [0.29, 0.717) is 11.3 Å². The van der Waals surface area contributed by atoms with Gasteiger partial charge in [0.15, 0.2) is 5.78 Å². The molecular formula is C13H17NO3S. The van der Waals surface area contributed by atoms with E-state index in [9.17, 15) is 13.2 Å². The van der Waals surface area contributed by atoms with Crippen LogP contribution in [0.5, 0.6) is 0 Å². The number of hydrogen-bond donors (Lipinski definition) is 0. The van der Waals surface area contributed by atoms with Crippen LogP contribution in [0.25, 0.3) is 0 Å². The van der Waals surface area contributed by atoms with Crippen molar-refractivity contribution in [3.63, 3.8) is 0 Å². The van der Waals surface area contributed by atoms with E-state index in [1.54, 1.807) is 31.2 Å². The fourth-order valence-corrected chi connectivity index (χ4v) is 2.60. The topological polar surface area (TPSA) is 54.5 Å². The van der Waals surface area contributed by atoms with Crippen LogP contribution in [0.1, 0.15) is 24.2 Å². The van der Waals surface area contributed by atoms with Crippen LogP contribution in [0.4, 0.5) is 5.69 Å². The van der Waals surface area contributed by atoms with E-state index < -0.39 is 10.0 Å². The van der Waals surface area contributed by atoms with Gasteiger partial charge in [-0.15, -0.1) is 6.58 Å². The second kappa shape index (κ2) is 5.82. The predicted octanol–water partition coefficient (Wildman–Crippen LogP) is 2.23. The Morgan fingerprint density at radius 1 is 1.33 bits per heavy atom. The second-order valence-electron chi connectivity index (χ2n) is 3.82. The quantitative estimate of drug-likeness (QED) is 0.586. The number of sulfonamides is 1. The van der Waals surface area contributed by atoms with E-state index in [-0.39, 0.29) is 18.1 Å². The third-order valence-electron chi connectivity index (χ3n) is 2.56. The van der Waals surface area contributed by atoms with E-state index in [1.165, 1.54) is 17.3 Å². The van der Waals surface area contributed by atoms with Crippen LogP contribution in [0.2, 0.25) is 0 Å². The Morgan fingerprint density at radius 2 is 1.89 bits per heavy atom. The van der Waals surface area contributed by atoms with Gasteiger partial charge in [0.1, 0.15) is 0 Å². The molecule has 1 aromatic carbocycles. The Kier molecular flexibility index (Phi) is 4.67. The summed E-state index contributed by atoms with van der Waals surface area (Å²) in [7, 11) is -3.33. The lowest BCUT2D eigenvalue weighted by Crippen LogP contribution is -2.32. The fourth-order valence-electron chi connectivity index (χ4n) is 1.52. The summed E-state index contributed by atoms with van der Waals surface area (Å²) in [4.78, 5) is 11.2. The number of anilines is 1. The summed E-state index contributed by atoms with van der Waals surface area (Å²) in [6, 6.07) is 6.51. The van der Waals surface area contributed by atoms with Gasteiger partial charge < -0.3 is 0 Å². The second-order valence-corrected chi connectivity index (χ2v) is 6.01. The van der Waals surface area contributed by atoms with E-state index in [2.05, 4.69) is 6.58 Å². The molecule has 5 heteroatoms. The molecule has 0 unspecified atom stereocenters. The molecule has 0 aliphatic rings. The molecule has 4 nitrogen and oxygen atoms in total. The third kappa shape index (κ3) is 3.20. The summed E-state index contributed by atoms with van der Waals surface area (Å²) in [5.74, 6) is -0.0230. The van der Waals surface area contributed by atoms with Crippen molar-refractivity contribution in [1.29, 1.82) is 0 Å². The van der Waals surface area contributed by atoms with Gasteiger partial charge in [0.2, 0.25) is 10.0 Å². The molecule has 0 N–H and O–H groups in total. The molecule has 0 spiro atoms. The molecule has 0 radical (unpaired) electrons. The maximum Gasteiger partial charge on any atom is 0.235 e. The van der Waals surface area contributed by atoms with Gasteiger partial charge in [-0.2, -0.15) is 0 Å². The van der Waals surface area contributed by atoms with Crippen molar-refractivity contribution in [1.82, 2.24) is 0 Å². The highest BCUT2D eigenvalue weighted by molar-refractivity contribution is 7.92. The highest BCUT2D eigenvalue weighted by atomic mass is 32.2. The van der Waals surface area contributed by atoms with Crippen LogP contribution in [-0.4, -0.2) is 26.5 Å². The molecule has 0 aliphatic carbocycles. The lowest BCUT2D eigenvalue weighted by atomic mass is 10.1. The monoisotopic (exact) mass is 267 g/mol. The zero-order valence-electron chi connectivity index (χ0n) is 10.6. The molecule has 0 atom stereocenters. The molecule has 0 aliphatic heterocycles. The first-order valence-electron chi connectivity index (χ1n) is 5.64. The first kappa shape index (κ1) is 14.4. The van der Waals surface area contributed by atoms with Crippen LogP contribution in [0.3, 0.4) is 0 Å². The van der Waals surface area contributed by atoms with Gasteiger partial charge in [0, 0.05) is 5.56 Å². The first-order valence-corrected chi connectivity index (χ1v) is 7.25. The van der Waals surface area contributed by atoms with E-state index in [0.717, 1.165) is 0 Å². The average Bonchev–Trinajstić information content (AvgIpc) is 2.36. The van der Waals surface area contributed by atoms with Crippen LogP contribution >= 0.6 is 0 Å². The summed E-state index contributed by atoms with van der Waals surface area (Å²) in [5.41, 5.74) is 1.10. The highest BCUT2D eigenvalue weighted by Crippen LogP contribution is 2.19. The van der Waals surface area contributed by atoms with Crippen LogP contribution in [-0.2, 0) is 10.0 Å². The molecule has 0 saturated carbocycles. The van der Waals surface area contributed by atoms with Gasteiger partial charge in [-0.25, -0.2) is 8.42 Å². The van der Waals surface area contributed by atoms with Crippen molar-refractivity contribution in [2.45, 2.75) is 13.8 Å². The van der Waals surface area contributed by atoms with E-state index in [4.69, 9.17) is 0 Å². The molecule has 1 rings (SSSR count). The van der Waals surface area contributed by atoms with Crippen LogP contribution in [0, 0.1) is 0 Å². The molecule has 0 aromatic heterocycles. The number of carbonyl (C=O) groups excluding carboxylic acids is 1. The number of carbonyl (C=O) groups is 1. The van der Waals surface area contributed by atoms with Gasteiger partial charge in [-0.3, -0.25) is 9.10 Å². The summed E-state index contributed by atoms with van der Waals surface area (Å²) < 4.78 is 25.1. The number of rotatable bonds is 6. The lowest BCUT2D eigenvalue weighted by Gasteiger charge is -2.22. The molecule has 18 heavy (non-hydrogen) atoms. The van der Waals surface area contributed by atoms with Crippen molar-refractivity contribution in [3.8, 4) is 0 Å². The maximum atomic E-state index is 11.9. The van der Waals surface area contributed by atoms with E-state index in [1.807, 2.05) is 0 Å². The fraction of sp³-hybridized carbons (Fsp3) is 0.308. The van der Waals surface area contributed by atoms with Gasteiger partial charge in [-0.1, -0.05) is 6.08 Å². The zero-order chi connectivity index (χ0) is 13.8. The summed E-state index contributed by atoms with van der Waals surface area (Å²) in [6.45, 7) is 6.84. The highest BCUT2D eigenvalue weighted by Gasteiger charge is 2.19. The van der Waals surface area contributed by atoms with Crippen molar-refractivity contribution in [3.05, 3.63) is 42.5 Å². The summed E-state index contributed by atoms with van der Waals surface area (Å²) >= 11 is 0. The minimum absolute atomic E-state index is 0.0231. The Bertz CT molecular complexity index is 532. The largest absolute Gasteiger partial charge is 0.295 e. The summed E-state index contributed by atoms with van der Waals surface area (Å²) in [6.07, 6.45) is 1.53. The molecule has 0 bridgehead atoms. The Hall–Kier alpha value is -1.62. The molecular weight excluding hydrogens is 250 g/mol. The van der Waals surface area contributed by atoms with Crippen LogP contribution in [0.15, 0.2) is 36.9 Å². The third-order valence-corrected chi connectivity index (χ3v) is 4.32. The first-order chi connectivity index (χ1) is 8.42. The SMILES string of the molecule is C=CCN(c1ccc(C(C)=O)cc1)S(=O)(=O)CC. The van der Waals surface area contributed by atoms with Crippen molar-refractivity contribution in [2.75, 3.05) is 16.6 Å². The van der Waals surface area contributed by atoms with Crippen molar-refractivity contribution in [2.24, 2.45) is 0 Å². The number of nitrogens with zero attached hydrogens (tertiary/aromatic N) is 1. The minimum Gasteiger partial charge on any atom is -0.295 e. The number of benzene rings is 1. The number of ketones is 1. The minimum atomic E-state index is -3.33. The van der Waals surface area contributed by atoms with Crippen molar-refractivity contribution >= 4 is 21.5 Å². The van der Waals surface area contributed by atoms with E-state index >= 15 is 0 Å². The molecule has 0 fully saturated rings. The summed E-state index contributed by atoms with van der Waals surface area (Å²) in [5, 5.41) is 0. The molecule has 98 valence electrons. The maximum absolute atomic E-state index is 11.9. The Labute approximate surface area is 108 Å². The van der Waals surface area contributed by atoms with Crippen molar-refractivity contribution < 1.29 is 13.2 Å². The van der Waals surface area contributed by atoms with Gasteiger partial charge in [0.25, 0.3) is 0 Å². The van der Waals surface area contributed by atoms with Gasteiger partial charge in [-0.05, 0) is 38.1 Å². The smallest absolute Gasteiger partial charge is 0.235 e. The Morgan fingerprint density at radius 3 is 2.28 bits per heavy atom. The van der Waals surface area contributed by atoms with Crippen LogP contribution < -0.4 is 4.31 Å². The molecule has 0 amide bonds. The normalized spacial score (nSPS) is 11.0. The zero-order valence-corrected chi connectivity index (χ0v) is 11.4. The molecule has 0 heterocycles. The lowest BCUT2D eigenvalue weighted by molar-refractivity contribution is 0.101. The average molecular weight is 267 g/mol. The molecule has 1 aromatic rings. The number of hydrogen-bond acceptors (Lipinski definition) is 3.